The van der Waals surface area contributed by atoms with Crippen LogP contribution in [0.1, 0.15) is 66.3 Å². The summed E-state index contributed by atoms with van der Waals surface area (Å²) in [5.41, 5.74) is 2.52. The monoisotopic (exact) mass is 523 g/mol. The molecule has 1 aliphatic carbocycles. The van der Waals surface area contributed by atoms with Gasteiger partial charge in [0, 0.05) is 18.7 Å². The van der Waals surface area contributed by atoms with E-state index < -0.39 is 17.7 Å². The molecular weight excluding hydrogens is 495 g/mol. The van der Waals surface area contributed by atoms with Crippen molar-refractivity contribution >= 4 is 23.0 Å². The SMILES string of the molecule is CC(C)c1cccc(-c2nc3nc(C(=O)O)nc(NCC4CCC4)c3n2Cc2ccc(C(F)(F)F)cc2)c1. The van der Waals surface area contributed by atoms with Crippen molar-refractivity contribution in [1.82, 2.24) is 19.5 Å². The van der Waals surface area contributed by atoms with Crippen molar-refractivity contribution in [2.75, 3.05) is 11.9 Å². The highest BCUT2D eigenvalue weighted by Gasteiger charge is 2.30. The van der Waals surface area contributed by atoms with Gasteiger partial charge < -0.3 is 15.0 Å². The van der Waals surface area contributed by atoms with Gasteiger partial charge in [0.05, 0.1) is 5.56 Å². The fourth-order valence-electron chi connectivity index (χ4n) is 4.59. The van der Waals surface area contributed by atoms with E-state index in [0.29, 0.717) is 35.2 Å². The Kier molecular flexibility index (Phi) is 6.81. The highest BCUT2D eigenvalue weighted by Crippen LogP contribution is 2.33. The molecule has 2 aromatic heterocycles. The summed E-state index contributed by atoms with van der Waals surface area (Å²) in [7, 11) is 0. The highest BCUT2D eigenvalue weighted by atomic mass is 19.4. The first-order valence-corrected chi connectivity index (χ1v) is 12.6. The second kappa shape index (κ2) is 10.1. The van der Waals surface area contributed by atoms with Crippen LogP contribution in [0, 0.1) is 5.92 Å². The van der Waals surface area contributed by atoms with E-state index >= 15 is 0 Å². The number of imidazole rings is 1. The number of carboxylic acid groups (broad SMARTS) is 1. The van der Waals surface area contributed by atoms with Gasteiger partial charge in [0.2, 0.25) is 5.82 Å². The second-order valence-electron chi connectivity index (χ2n) is 10.0. The highest BCUT2D eigenvalue weighted by molar-refractivity contribution is 5.92. The molecule has 0 bridgehead atoms. The second-order valence-corrected chi connectivity index (χ2v) is 10.0. The van der Waals surface area contributed by atoms with Crippen LogP contribution in [0.3, 0.4) is 0 Å². The molecule has 5 rings (SSSR count). The standard InChI is InChI=1S/C28H28F3N5O2/c1-16(2)19-7-4-8-20(13-19)26-35-24-22(36(26)15-18-9-11-21(12-10-18)28(29,30)31)23(32-14-17-5-3-6-17)33-25(34-24)27(37)38/h4,7-13,16-17H,3,5-6,14-15H2,1-2H3,(H,37,38)(H,32,33,34). The first-order valence-electron chi connectivity index (χ1n) is 12.6. The van der Waals surface area contributed by atoms with Gasteiger partial charge in [-0.05, 0) is 54.0 Å². The van der Waals surface area contributed by atoms with Crippen LogP contribution in [0.25, 0.3) is 22.6 Å². The summed E-state index contributed by atoms with van der Waals surface area (Å²) in [6.07, 6.45) is -1.09. The largest absolute Gasteiger partial charge is 0.475 e. The lowest BCUT2D eigenvalue weighted by Gasteiger charge is -2.25. The number of anilines is 1. The minimum atomic E-state index is -4.43. The van der Waals surface area contributed by atoms with Crippen molar-refractivity contribution < 1.29 is 23.1 Å². The van der Waals surface area contributed by atoms with Crippen LogP contribution in [0.2, 0.25) is 0 Å². The van der Waals surface area contributed by atoms with Crippen LogP contribution in [-0.4, -0.2) is 37.1 Å². The zero-order valence-electron chi connectivity index (χ0n) is 21.1. The molecule has 2 N–H and O–H groups in total. The molecule has 1 saturated carbocycles. The number of nitrogens with zero attached hydrogens (tertiary/aromatic N) is 4. The van der Waals surface area contributed by atoms with Crippen LogP contribution in [0.15, 0.2) is 48.5 Å². The molecular formula is C28H28F3N5O2. The Hall–Kier alpha value is -3.95. The molecule has 38 heavy (non-hydrogen) atoms. The average molecular weight is 524 g/mol. The Bertz CT molecular complexity index is 1470. The van der Waals surface area contributed by atoms with Gasteiger partial charge in [-0.25, -0.2) is 19.7 Å². The lowest BCUT2D eigenvalue weighted by Crippen LogP contribution is -2.22. The quantitative estimate of drug-likeness (QED) is 0.271. The summed E-state index contributed by atoms with van der Waals surface area (Å²) in [6.45, 7) is 4.99. The summed E-state index contributed by atoms with van der Waals surface area (Å²) < 4.78 is 41.3. The third-order valence-corrected chi connectivity index (χ3v) is 7.01. The number of halogens is 3. The summed E-state index contributed by atoms with van der Waals surface area (Å²) >= 11 is 0. The van der Waals surface area contributed by atoms with Crippen LogP contribution in [0.4, 0.5) is 19.0 Å². The normalized spacial score (nSPS) is 14.2. The number of carboxylic acids is 1. The molecule has 0 aliphatic heterocycles. The van der Waals surface area contributed by atoms with Gasteiger partial charge in [-0.1, -0.05) is 50.6 Å². The molecule has 198 valence electrons. The lowest BCUT2D eigenvalue weighted by molar-refractivity contribution is -0.137. The van der Waals surface area contributed by atoms with E-state index in [1.165, 1.54) is 12.1 Å². The van der Waals surface area contributed by atoms with Crippen molar-refractivity contribution in [3.05, 3.63) is 71.0 Å². The third kappa shape index (κ3) is 5.20. The first kappa shape index (κ1) is 25.7. The number of alkyl halides is 3. The van der Waals surface area contributed by atoms with E-state index in [1.807, 2.05) is 28.8 Å². The average Bonchev–Trinajstić information content (AvgIpc) is 3.21. The Labute approximate surface area is 217 Å². The van der Waals surface area contributed by atoms with Crippen molar-refractivity contribution in [3.8, 4) is 11.4 Å². The van der Waals surface area contributed by atoms with Gasteiger partial charge in [-0.3, -0.25) is 0 Å². The van der Waals surface area contributed by atoms with E-state index in [-0.39, 0.29) is 23.9 Å². The van der Waals surface area contributed by atoms with Gasteiger partial charge in [0.25, 0.3) is 0 Å². The molecule has 1 aliphatic rings. The fourth-order valence-corrected chi connectivity index (χ4v) is 4.59. The van der Waals surface area contributed by atoms with E-state index in [4.69, 9.17) is 4.98 Å². The zero-order valence-corrected chi connectivity index (χ0v) is 21.1. The maximum absolute atomic E-state index is 13.1. The van der Waals surface area contributed by atoms with Crippen LogP contribution in [-0.2, 0) is 12.7 Å². The van der Waals surface area contributed by atoms with Gasteiger partial charge >= 0.3 is 12.1 Å². The topological polar surface area (TPSA) is 92.9 Å². The summed E-state index contributed by atoms with van der Waals surface area (Å²) in [6, 6.07) is 12.9. The number of aromatic carboxylic acids is 1. The van der Waals surface area contributed by atoms with Gasteiger partial charge in [-0.2, -0.15) is 13.2 Å². The van der Waals surface area contributed by atoms with Crippen LogP contribution in [0.5, 0.6) is 0 Å². The first-order chi connectivity index (χ1) is 18.1. The summed E-state index contributed by atoms with van der Waals surface area (Å²) in [4.78, 5) is 25.1. The molecule has 0 amide bonds. The Morgan fingerprint density at radius 2 is 1.84 bits per heavy atom. The molecule has 0 unspecified atom stereocenters. The van der Waals surface area contributed by atoms with Crippen molar-refractivity contribution in [3.63, 3.8) is 0 Å². The van der Waals surface area contributed by atoms with Crippen LogP contribution < -0.4 is 5.32 Å². The zero-order chi connectivity index (χ0) is 27.0. The fraction of sp³-hybridized carbons (Fsp3) is 0.357. The number of hydrogen-bond acceptors (Lipinski definition) is 5. The Morgan fingerprint density at radius 1 is 1.11 bits per heavy atom. The maximum Gasteiger partial charge on any atom is 0.416 e. The molecule has 0 spiro atoms. The van der Waals surface area contributed by atoms with E-state index in [2.05, 4.69) is 29.1 Å². The van der Waals surface area contributed by atoms with E-state index in [9.17, 15) is 23.1 Å². The minimum absolute atomic E-state index is 0.198. The third-order valence-electron chi connectivity index (χ3n) is 7.01. The number of benzene rings is 2. The smallest absolute Gasteiger partial charge is 0.416 e. The lowest BCUT2D eigenvalue weighted by atomic mass is 9.85. The summed E-state index contributed by atoms with van der Waals surface area (Å²) in [5.74, 6) is -0.00649. The molecule has 2 heterocycles. The van der Waals surface area contributed by atoms with Gasteiger partial charge in [0.1, 0.15) is 11.3 Å². The van der Waals surface area contributed by atoms with Crippen molar-refractivity contribution in [2.45, 2.75) is 51.7 Å². The number of carbonyl (C=O) groups is 1. The molecule has 10 heteroatoms. The Morgan fingerprint density at radius 3 is 2.45 bits per heavy atom. The van der Waals surface area contributed by atoms with Crippen molar-refractivity contribution in [1.29, 1.82) is 0 Å². The summed E-state index contributed by atoms with van der Waals surface area (Å²) in [5, 5.41) is 13.0. The molecule has 0 radical (unpaired) electrons. The van der Waals surface area contributed by atoms with Crippen LogP contribution >= 0.6 is 0 Å². The van der Waals surface area contributed by atoms with E-state index in [1.54, 1.807) is 0 Å². The number of fused-ring (bicyclic) bond motifs is 1. The van der Waals surface area contributed by atoms with Gasteiger partial charge in [0.15, 0.2) is 11.5 Å². The minimum Gasteiger partial charge on any atom is -0.475 e. The molecule has 7 nitrogen and oxygen atoms in total. The molecule has 4 aromatic rings. The number of nitrogens with one attached hydrogen (secondary N) is 1. The van der Waals surface area contributed by atoms with Gasteiger partial charge in [-0.15, -0.1) is 0 Å². The predicted molar refractivity (Wildman–Crippen MR) is 138 cm³/mol. The molecule has 1 fully saturated rings. The molecule has 0 saturated heterocycles. The predicted octanol–water partition coefficient (Wildman–Crippen LogP) is 6.59. The molecule has 0 atom stereocenters. The maximum atomic E-state index is 13.1. The van der Waals surface area contributed by atoms with E-state index in [0.717, 1.165) is 42.5 Å². The number of rotatable bonds is 8. The molecule has 2 aromatic carbocycles. The number of hydrogen-bond donors (Lipinski definition) is 2. The number of aromatic nitrogens is 4. The Balaban J connectivity index is 1.67. The van der Waals surface area contributed by atoms with Crippen molar-refractivity contribution in [2.24, 2.45) is 5.92 Å².